The minimum absolute atomic E-state index is 0.0309. The van der Waals surface area contributed by atoms with Gasteiger partial charge in [0.15, 0.2) is 0 Å². The van der Waals surface area contributed by atoms with Crippen molar-refractivity contribution in [3.63, 3.8) is 0 Å². The molecule has 0 spiro atoms. The molecular formula is C28H32F2N4O2. The van der Waals surface area contributed by atoms with Gasteiger partial charge in [-0.2, -0.15) is 0 Å². The van der Waals surface area contributed by atoms with Crippen LogP contribution in [-0.4, -0.2) is 72.4 Å². The minimum atomic E-state index is -1.05. The molecule has 1 aromatic carbocycles. The number of benzene rings is 1. The number of alkyl halides is 1. The van der Waals surface area contributed by atoms with Crippen molar-refractivity contribution in [2.45, 2.75) is 38.9 Å². The first-order chi connectivity index (χ1) is 17.4. The lowest BCUT2D eigenvalue weighted by Crippen LogP contribution is -2.45. The molecule has 0 aliphatic carbocycles. The highest BCUT2D eigenvalue weighted by Gasteiger charge is 2.35. The average Bonchev–Trinajstić information content (AvgIpc) is 3.30. The molecule has 6 nitrogen and oxygen atoms in total. The summed E-state index contributed by atoms with van der Waals surface area (Å²) in [7, 11) is 1.52. The van der Waals surface area contributed by atoms with Gasteiger partial charge >= 0.3 is 0 Å². The maximum Gasteiger partial charge on any atom is 0.223 e. The summed E-state index contributed by atoms with van der Waals surface area (Å²) in [5, 5.41) is 0. The number of ether oxygens (including phenoxy) is 1. The fourth-order valence-corrected chi connectivity index (χ4v) is 5.54. The first-order valence-corrected chi connectivity index (χ1v) is 12.6. The summed E-state index contributed by atoms with van der Waals surface area (Å²) in [5.74, 6) is -0.295. The summed E-state index contributed by atoms with van der Waals surface area (Å²) in [4.78, 5) is 26.2. The van der Waals surface area contributed by atoms with E-state index >= 15 is 0 Å². The van der Waals surface area contributed by atoms with Crippen LogP contribution in [0.4, 0.5) is 8.78 Å². The van der Waals surface area contributed by atoms with Crippen LogP contribution in [0.25, 0.3) is 0 Å². The molecule has 3 aliphatic rings. The Morgan fingerprint density at radius 1 is 1.25 bits per heavy atom. The molecule has 0 saturated carbocycles. The number of nitrogens with zero attached hydrogens (tertiary/aromatic N) is 4. The van der Waals surface area contributed by atoms with Crippen LogP contribution in [0.2, 0.25) is 0 Å². The van der Waals surface area contributed by atoms with E-state index in [0.717, 1.165) is 29.0 Å². The molecule has 1 aromatic heterocycles. The average molecular weight is 495 g/mol. The highest BCUT2D eigenvalue weighted by Crippen LogP contribution is 2.31. The topological polar surface area (TPSA) is 58.0 Å². The number of carbonyl (C=O) groups is 1. The van der Waals surface area contributed by atoms with Gasteiger partial charge in [-0.1, -0.05) is 6.07 Å². The van der Waals surface area contributed by atoms with Crippen LogP contribution in [0.3, 0.4) is 0 Å². The first-order valence-electron chi connectivity index (χ1n) is 12.6. The van der Waals surface area contributed by atoms with Gasteiger partial charge in [-0.05, 0) is 55.2 Å². The number of likely N-dealkylation sites (tertiary alicyclic amines) is 1. The molecule has 0 N–H and O–H groups in total. The number of carbonyl (C=O) groups excluding carboxylic acids is 1. The normalized spacial score (nSPS) is 22.4. The molecule has 3 aliphatic heterocycles. The predicted octanol–water partition coefficient (Wildman–Crippen LogP) is 4.12. The number of rotatable bonds is 6. The van der Waals surface area contributed by atoms with Crippen LogP contribution in [0.1, 0.15) is 36.1 Å². The number of halogens is 2. The van der Waals surface area contributed by atoms with Crippen molar-refractivity contribution in [2.24, 2.45) is 10.9 Å². The van der Waals surface area contributed by atoms with Crippen molar-refractivity contribution in [3.05, 3.63) is 70.3 Å². The van der Waals surface area contributed by atoms with E-state index in [1.54, 1.807) is 18.3 Å². The molecule has 2 aromatic rings. The molecule has 1 fully saturated rings. The third-order valence-electron chi connectivity index (χ3n) is 7.54. The van der Waals surface area contributed by atoms with Gasteiger partial charge in [0.05, 0.1) is 19.4 Å². The van der Waals surface area contributed by atoms with Crippen molar-refractivity contribution in [1.29, 1.82) is 0 Å². The summed E-state index contributed by atoms with van der Waals surface area (Å²) in [6.07, 6.45) is 2.01. The Labute approximate surface area is 210 Å². The second-order valence-electron chi connectivity index (χ2n) is 9.92. The van der Waals surface area contributed by atoms with E-state index in [1.165, 1.54) is 18.7 Å². The summed E-state index contributed by atoms with van der Waals surface area (Å²) in [5.41, 5.74) is 5.77. The van der Waals surface area contributed by atoms with E-state index in [1.807, 2.05) is 28.9 Å². The standard InChI is InChI=1S/C28H32F2N4O2/c1-18-12-19(6-9-31-18)28-22-17-34(11-7-20(22)14-32-28)27(35)13-21-15-33(10-8-24(21)29)16-23-25(30)4-3-5-26(23)36-2/h3-6,9,12,21,24H,7-8,10-11,13-17H2,1-2H3. The maximum atomic E-state index is 14.9. The molecule has 2 unspecified atom stereocenters. The van der Waals surface area contributed by atoms with Crippen LogP contribution in [0.5, 0.6) is 5.75 Å². The first kappa shape index (κ1) is 24.6. The van der Waals surface area contributed by atoms with Gasteiger partial charge in [0.1, 0.15) is 17.7 Å². The smallest absolute Gasteiger partial charge is 0.223 e. The number of aromatic nitrogens is 1. The number of hydrogen-bond acceptors (Lipinski definition) is 5. The molecule has 190 valence electrons. The third kappa shape index (κ3) is 5.05. The number of amides is 1. The molecule has 0 radical (unpaired) electrons. The molecule has 36 heavy (non-hydrogen) atoms. The Hall–Kier alpha value is -3.13. The molecule has 8 heteroatoms. The molecule has 5 rings (SSSR count). The quantitative estimate of drug-likeness (QED) is 0.606. The van der Waals surface area contributed by atoms with Crippen molar-refractivity contribution in [3.8, 4) is 5.75 Å². The second-order valence-corrected chi connectivity index (χ2v) is 9.92. The number of aryl methyl sites for hydroxylation is 1. The van der Waals surface area contributed by atoms with E-state index in [4.69, 9.17) is 9.73 Å². The monoisotopic (exact) mass is 494 g/mol. The Bertz CT molecular complexity index is 1210. The van der Waals surface area contributed by atoms with Gasteiger partial charge in [0.25, 0.3) is 0 Å². The Kier molecular flexibility index (Phi) is 7.14. The zero-order chi connectivity index (χ0) is 25.2. The lowest BCUT2D eigenvalue weighted by Gasteiger charge is -2.36. The molecule has 0 bridgehead atoms. The predicted molar refractivity (Wildman–Crippen MR) is 134 cm³/mol. The third-order valence-corrected chi connectivity index (χ3v) is 7.54. The van der Waals surface area contributed by atoms with Gasteiger partial charge in [-0.3, -0.25) is 19.7 Å². The van der Waals surface area contributed by atoms with Crippen LogP contribution in [0.15, 0.2) is 52.7 Å². The Morgan fingerprint density at radius 2 is 2.11 bits per heavy atom. The molecule has 4 heterocycles. The van der Waals surface area contributed by atoms with Crippen molar-refractivity contribution in [2.75, 3.05) is 39.8 Å². The molecule has 1 saturated heterocycles. The van der Waals surface area contributed by atoms with Gasteiger partial charge in [-0.25, -0.2) is 8.78 Å². The van der Waals surface area contributed by atoms with Crippen LogP contribution >= 0.6 is 0 Å². The lowest BCUT2D eigenvalue weighted by molar-refractivity contribution is -0.133. The van der Waals surface area contributed by atoms with Crippen molar-refractivity contribution in [1.82, 2.24) is 14.8 Å². The number of hydrogen-bond donors (Lipinski definition) is 0. The zero-order valence-corrected chi connectivity index (χ0v) is 20.8. The highest BCUT2D eigenvalue weighted by atomic mass is 19.1. The fraction of sp³-hybridized carbons (Fsp3) is 0.464. The summed E-state index contributed by atoms with van der Waals surface area (Å²) >= 11 is 0. The summed E-state index contributed by atoms with van der Waals surface area (Å²) in [6.45, 7) is 5.04. The van der Waals surface area contributed by atoms with Gasteiger partial charge in [0.2, 0.25) is 5.91 Å². The number of methoxy groups -OCH3 is 1. The lowest BCUT2D eigenvalue weighted by atomic mass is 9.90. The highest BCUT2D eigenvalue weighted by molar-refractivity contribution is 6.15. The van der Waals surface area contributed by atoms with E-state index < -0.39 is 12.1 Å². The van der Waals surface area contributed by atoms with Crippen molar-refractivity contribution < 1.29 is 18.3 Å². The van der Waals surface area contributed by atoms with E-state index in [2.05, 4.69) is 4.98 Å². The Balaban J connectivity index is 1.23. The van der Waals surface area contributed by atoms with E-state index in [9.17, 15) is 13.6 Å². The van der Waals surface area contributed by atoms with Gasteiger partial charge in [0, 0.05) is 68.1 Å². The number of aliphatic imine (C=N–C) groups is 1. The Morgan fingerprint density at radius 3 is 2.92 bits per heavy atom. The summed E-state index contributed by atoms with van der Waals surface area (Å²) in [6, 6.07) is 8.73. The van der Waals surface area contributed by atoms with Crippen LogP contribution < -0.4 is 4.74 Å². The van der Waals surface area contributed by atoms with Crippen LogP contribution in [-0.2, 0) is 11.3 Å². The molecule has 1 amide bonds. The maximum absolute atomic E-state index is 14.9. The van der Waals surface area contributed by atoms with Crippen molar-refractivity contribution >= 4 is 11.6 Å². The van der Waals surface area contributed by atoms with E-state index in [0.29, 0.717) is 57.0 Å². The minimum Gasteiger partial charge on any atom is -0.496 e. The molecular weight excluding hydrogens is 462 g/mol. The largest absolute Gasteiger partial charge is 0.496 e. The van der Waals surface area contributed by atoms with Crippen LogP contribution in [0, 0.1) is 18.7 Å². The van der Waals surface area contributed by atoms with Gasteiger partial charge in [-0.15, -0.1) is 0 Å². The second kappa shape index (κ2) is 10.5. The van der Waals surface area contributed by atoms with Gasteiger partial charge < -0.3 is 9.64 Å². The fourth-order valence-electron chi connectivity index (χ4n) is 5.54. The number of pyridine rings is 1. The SMILES string of the molecule is COc1cccc(F)c1CN1CCC(F)C(CC(=O)N2CCC3=C(C2)C(c2ccnc(C)c2)=NC3)C1. The zero-order valence-electron chi connectivity index (χ0n) is 20.8. The molecule has 2 atom stereocenters. The summed E-state index contributed by atoms with van der Waals surface area (Å²) < 4.78 is 34.7. The van der Waals surface area contributed by atoms with E-state index in [-0.39, 0.29) is 18.1 Å². The number of piperidine rings is 1.